The summed E-state index contributed by atoms with van der Waals surface area (Å²) in [6, 6.07) is 0. The molecule has 4 nitrogen and oxygen atoms in total. The van der Waals surface area contributed by atoms with E-state index in [0.717, 1.165) is 4.90 Å². The Morgan fingerprint density at radius 1 is 1.54 bits per heavy atom. The Labute approximate surface area is 80.5 Å². The largest absolute Gasteiger partial charge is 0.309 e. The summed E-state index contributed by atoms with van der Waals surface area (Å²) in [5.74, 6) is -1.29. The first-order valence-electron chi connectivity index (χ1n) is 4.06. The van der Waals surface area contributed by atoms with Gasteiger partial charge in [-0.2, -0.15) is 0 Å². The number of carbonyl (C=O) groups is 2. The number of imide groups is 1. The fraction of sp³-hybridized carbons (Fsp3) is 0.714. The summed E-state index contributed by atoms with van der Waals surface area (Å²) in [7, 11) is 6.38. The molecule has 0 fully saturated rings. The van der Waals surface area contributed by atoms with E-state index in [1.54, 1.807) is 20.8 Å². The van der Waals surface area contributed by atoms with Gasteiger partial charge in [0.15, 0.2) is 11.6 Å². The van der Waals surface area contributed by atoms with Crippen molar-refractivity contribution in [1.29, 1.82) is 0 Å². The summed E-state index contributed by atoms with van der Waals surface area (Å²) < 4.78 is 0. The van der Waals surface area contributed by atoms with Crippen LogP contribution >= 0.6 is 0 Å². The third-order valence-corrected chi connectivity index (χ3v) is 1.40. The van der Waals surface area contributed by atoms with Crippen LogP contribution in [0.3, 0.4) is 0 Å². The van der Waals surface area contributed by atoms with Crippen molar-refractivity contribution >= 4 is 26.7 Å². The molecular formula is C7H13B2N2O2. The lowest BCUT2D eigenvalue weighted by Crippen LogP contribution is -2.57. The molecule has 0 unspecified atom stereocenters. The Balaban J connectivity index is 4.63. The van der Waals surface area contributed by atoms with E-state index in [2.05, 4.69) is 0 Å². The van der Waals surface area contributed by atoms with E-state index in [9.17, 15) is 9.59 Å². The highest BCUT2D eigenvalue weighted by Crippen LogP contribution is 2.08. The average molecular weight is 179 g/mol. The average Bonchev–Trinajstić information content (AvgIpc) is 1.82. The van der Waals surface area contributed by atoms with Gasteiger partial charge >= 0.3 is 0 Å². The van der Waals surface area contributed by atoms with Gasteiger partial charge in [-0.05, 0) is 13.8 Å². The van der Waals surface area contributed by atoms with Crippen LogP contribution in [0.4, 0.5) is 9.59 Å². The van der Waals surface area contributed by atoms with Crippen molar-refractivity contribution in [3.8, 4) is 0 Å². The number of amides is 2. The van der Waals surface area contributed by atoms with Gasteiger partial charge in [-0.15, -0.1) is 0 Å². The molecule has 0 heterocycles. The molecule has 2 amide bonds. The minimum atomic E-state index is -1.06. The lowest BCUT2D eigenvalue weighted by Gasteiger charge is -2.33. The van der Waals surface area contributed by atoms with E-state index in [0.29, 0.717) is 6.32 Å². The van der Waals surface area contributed by atoms with Gasteiger partial charge in [0.05, 0.1) is 5.66 Å². The number of hydrogen-bond donors (Lipinski definition) is 1. The van der Waals surface area contributed by atoms with Gasteiger partial charge in [0.25, 0.3) is 0 Å². The molecule has 0 spiro atoms. The van der Waals surface area contributed by atoms with Crippen LogP contribution in [0, 0.1) is 0 Å². The molecule has 0 aromatic heterocycles. The maximum absolute atomic E-state index is 11.3. The van der Waals surface area contributed by atoms with E-state index >= 15 is 0 Å². The van der Waals surface area contributed by atoms with Crippen molar-refractivity contribution in [2.45, 2.75) is 32.8 Å². The minimum Gasteiger partial charge on any atom is -0.309 e. The molecule has 2 N–H and O–H groups in total. The quantitative estimate of drug-likeness (QED) is 0.507. The van der Waals surface area contributed by atoms with E-state index in [-0.39, 0.29) is 0 Å². The van der Waals surface area contributed by atoms with Crippen LogP contribution < -0.4 is 5.73 Å². The van der Waals surface area contributed by atoms with Crippen LogP contribution in [0.1, 0.15) is 20.8 Å². The molecule has 0 aliphatic rings. The van der Waals surface area contributed by atoms with Gasteiger partial charge in [0.2, 0.25) is 15.1 Å². The third kappa shape index (κ3) is 3.63. The second-order valence-corrected chi connectivity index (χ2v) is 3.28. The number of nitrogens with zero attached hydrogens (tertiary/aromatic N) is 1. The molecule has 0 atom stereocenters. The van der Waals surface area contributed by atoms with Crippen LogP contribution in [0.5, 0.6) is 0 Å². The van der Waals surface area contributed by atoms with Crippen LogP contribution in [-0.4, -0.2) is 37.3 Å². The Morgan fingerprint density at radius 2 is 2.00 bits per heavy atom. The molecule has 0 aromatic carbocycles. The molecule has 0 rings (SSSR count). The predicted octanol–water partition coefficient (Wildman–Crippen LogP) is 0.534. The molecule has 0 bridgehead atoms. The van der Waals surface area contributed by atoms with Crippen LogP contribution in [-0.2, 0) is 0 Å². The first kappa shape index (κ1) is 12.2. The second kappa shape index (κ2) is 4.46. The summed E-state index contributed by atoms with van der Waals surface area (Å²) in [6.45, 7) is 4.87. The first-order valence-corrected chi connectivity index (χ1v) is 4.06. The second-order valence-electron chi connectivity index (χ2n) is 3.28. The third-order valence-electron chi connectivity index (χ3n) is 1.40. The molecule has 0 saturated heterocycles. The van der Waals surface area contributed by atoms with Crippen molar-refractivity contribution < 1.29 is 9.59 Å². The van der Waals surface area contributed by atoms with E-state index in [1.165, 1.54) is 7.28 Å². The fourth-order valence-corrected chi connectivity index (χ4v) is 0.943. The van der Waals surface area contributed by atoms with Gasteiger partial charge in [-0.25, -0.2) is 0 Å². The lowest BCUT2D eigenvalue weighted by molar-refractivity contribution is 0.173. The molecule has 3 radical (unpaired) electrons. The van der Waals surface area contributed by atoms with E-state index < -0.39 is 17.3 Å². The van der Waals surface area contributed by atoms with E-state index in [1.807, 2.05) is 0 Å². The highest BCUT2D eigenvalue weighted by molar-refractivity contribution is 6.76. The predicted molar refractivity (Wildman–Crippen MR) is 52.9 cm³/mol. The first-order chi connectivity index (χ1) is 5.80. The SMILES string of the molecule is [B]C(=O)N(C(=O)[B]CC)C(C)(C)N. The number of nitrogens with two attached hydrogens (primary N) is 1. The van der Waals surface area contributed by atoms with Crippen LogP contribution in [0.25, 0.3) is 0 Å². The normalized spacial score (nSPS) is 10.8. The number of carbonyl (C=O) groups excluding carboxylic acids is 2. The zero-order chi connectivity index (χ0) is 10.6. The van der Waals surface area contributed by atoms with Crippen LogP contribution in [0.15, 0.2) is 0 Å². The van der Waals surface area contributed by atoms with E-state index in [4.69, 9.17) is 13.6 Å². The number of rotatable bonds is 3. The van der Waals surface area contributed by atoms with Gasteiger partial charge in [0, 0.05) is 0 Å². The van der Waals surface area contributed by atoms with Gasteiger partial charge in [0.1, 0.15) is 0 Å². The van der Waals surface area contributed by atoms with Crippen LogP contribution in [0.2, 0.25) is 6.32 Å². The Bertz CT molecular complexity index is 213. The van der Waals surface area contributed by atoms with Gasteiger partial charge in [-0.1, -0.05) is 13.2 Å². The topological polar surface area (TPSA) is 63.4 Å². The standard InChI is InChI=1S/C7H13B2N2O2/c1-4-9-6(13)11(5(8)12)7(2,3)10/h4,10H2,1-3H3. The van der Waals surface area contributed by atoms with Crippen molar-refractivity contribution in [3.63, 3.8) is 0 Å². The summed E-state index contributed by atoms with van der Waals surface area (Å²) in [5, 5.41) is 0. The maximum atomic E-state index is 11.3. The summed E-state index contributed by atoms with van der Waals surface area (Å²) in [5.41, 5.74) is 4.54. The molecule has 0 aromatic rings. The smallest absolute Gasteiger partial charge is 0.233 e. The minimum absolute atomic E-state index is 0.456. The fourth-order valence-electron chi connectivity index (χ4n) is 0.943. The lowest BCUT2D eigenvalue weighted by atomic mass is 9.73. The van der Waals surface area contributed by atoms with Crippen molar-refractivity contribution in [2.75, 3.05) is 0 Å². The molecule has 6 heteroatoms. The highest BCUT2D eigenvalue weighted by atomic mass is 16.2. The summed E-state index contributed by atoms with van der Waals surface area (Å²) in [6.07, 6.45) is 0.540. The monoisotopic (exact) mass is 179 g/mol. The zero-order valence-electron chi connectivity index (χ0n) is 8.20. The summed E-state index contributed by atoms with van der Waals surface area (Å²) in [4.78, 5) is 23.0. The van der Waals surface area contributed by atoms with Crippen molar-refractivity contribution in [3.05, 3.63) is 0 Å². The molecule has 0 aliphatic carbocycles. The molecule has 69 valence electrons. The Morgan fingerprint density at radius 3 is 2.23 bits per heavy atom. The van der Waals surface area contributed by atoms with Crippen molar-refractivity contribution in [2.24, 2.45) is 5.73 Å². The Kier molecular flexibility index (Phi) is 4.20. The number of hydrogen-bond acceptors (Lipinski definition) is 3. The summed E-state index contributed by atoms with van der Waals surface area (Å²) >= 11 is 0. The molecule has 13 heavy (non-hydrogen) atoms. The van der Waals surface area contributed by atoms with Gasteiger partial charge < -0.3 is 5.73 Å². The molecule has 0 aliphatic heterocycles. The maximum Gasteiger partial charge on any atom is 0.233 e. The van der Waals surface area contributed by atoms with Crippen molar-refractivity contribution in [1.82, 2.24) is 4.90 Å². The van der Waals surface area contributed by atoms with Gasteiger partial charge in [-0.3, -0.25) is 14.5 Å². The molecular weight excluding hydrogens is 166 g/mol. The Hall–Kier alpha value is -0.770. The molecule has 0 saturated carbocycles. The zero-order valence-corrected chi connectivity index (χ0v) is 8.20. The highest BCUT2D eigenvalue weighted by Gasteiger charge is 2.29.